The number of nitrogens with zero attached hydrogens (tertiary/aromatic N) is 1. The molecule has 79 heavy (non-hydrogen) atoms. The molecule has 26 heteroatoms. The van der Waals surface area contributed by atoms with Crippen LogP contribution in [0.3, 0.4) is 0 Å². The summed E-state index contributed by atoms with van der Waals surface area (Å²) >= 11 is 0. The average molecular weight is 1130 g/mol. The molecule has 0 aromatic heterocycles. The lowest BCUT2D eigenvalue weighted by Crippen LogP contribution is -2.71. The number of hydrogen-bond acceptors (Lipinski definition) is 20. The highest BCUT2D eigenvalue weighted by molar-refractivity contribution is 5.81. The summed E-state index contributed by atoms with van der Waals surface area (Å²) in [5, 5.41) is 64.4. The van der Waals surface area contributed by atoms with Crippen LogP contribution in [0.5, 0.6) is 0 Å². The zero-order chi connectivity index (χ0) is 59.8. The van der Waals surface area contributed by atoms with Crippen molar-refractivity contribution in [1.82, 2.24) is 36.8 Å². The summed E-state index contributed by atoms with van der Waals surface area (Å²) in [6.07, 6.45) is -13.1. The van der Waals surface area contributed by atoms with E-state index in [1.807, 2.05) is 0 Å². The van der Waals surface area contributed by atoms with Gasteiger partial charge in [0.05, 0.1) is 37.3 Å². The van der Waals surface area contributed by atoms with Crippen LogP contribution in [0.4, 0.5) is 24.0 Å². The van der Waals surface area contributed by atoms with Gasteiger partial charge in [-0.2, -0.15) is 0 Å². The molecule has 1 saturated heterocycles. The van der Waals surface area contributed by atoms with E-state index in [4.69, 9.17) is 42.6 Å². The fraction of sp³-hybridized carbons (Fsp3) is 0.849. The van der Waals surface area contributed by atoms with E-state index in [1.165, 1.54) is 14.0 Å². The first-order valence-corrected chi connectivity index (χ1v) is 27.1. The van der Waals surface area contributed by atoms with E-state index >= 15 is 0 Å². The van der Waals surface area contributed by atoms with Crippen molar-refractivity contribution in [3.63, 3.8) is 0 Å². The molecule has 2 heterocycles. The topological polar surface area (TPSA) is 342 Å². The molecule has 10 N–H and O–H groups in total. The highest BCUT2D eigenvalue weighted by Gasteiger charge is 2.55. The summed E-state index contributed by atoms with van der Waals surface area (Å²) in [6, 6.07) is -5.09. The number of aliphatic hydroxyl groups excluding tert-OH is 3. The lowest BCUT2D eigenvalue weighted by atomic mass is 9.80. The Morgan fingerprint density at radius 3 is 1.68 bits per heavy atom. The van der Waals surface area contributed by atoms with Crippen molar-refractivity contribution in [3.05, 3.63) is 11.8 Å². The number of ether oxygens (including phenoxy) is 9. The van der Waals surface area contributed by atoms with Crippen LogP contribution in [-0.4, -0.2) is 202 Å². The molecule has 4 rings (SSSR count). The molecule has 0 radical (unpaired) electrons. The number of amides is 6. The molecule has 2 saturated carbocycles. The minimum atomic E-state index is -1.91. The molecule has 2 aliphatic heterocycles. The molecule has 26 nitrogen and oxygen atoms in total. The van der Waals surface area contributed by atoms with Crippen molar-refractivity contribution in [2.75, 3.05) is 33.3 Å². The fourth-order valence-electron chi connectivity index (χ4n) is 9.17. The fourth-order valence-corrected chi connectivity index (χ4v) is 9.17. The van der Waals surface area contributed by atoms with Crippen molar-refractivity contribution in [2.45, 2.75) is 250 Å². The van der Waals surface area contributed by atoms with E-state index in [1.54, 1.807) is 110 Å². The number of likely N-dealkylation sites (N-methyl/N-ethyl adjacent to an activating group) is 1. The predicted octanol–water partition coefficient (Wildman–Crippen LogP) is 3.30. The van der Waals surface area contributed by atoms with Crippen LogP contribution in [0.1, 0.15) is 143 Å². The second-order valence-corrected chi connectivity index (χ2v) is 26.0. The maximum Gasteiger partial charge on any atom is 0.410 e. The molecule has 0 unspecified atom stereocenters. The number of carbonyl (C=O) groups is 6. The third kappa shape index (κ3) is 22.1. The van der Waals surface area contributed by atoms with E-state index < -0.39 is 144 Å². The second kappa shape index (κ2) is 26.7. The van der Waals surface area contributed by atoms with Gasteiger partial charge in [-0.1, -0.05) is 0 Å². The molecule has 2 aliphatic carbocycles. The monoisotopic (exact) mass is 1130 g/mol. The van der Waals surface area contributed by atoms with Crippen LogP contribution in [-0.2, 0) is 47.4 Å². The van der Waals surface area contributed by atoms with Gasteiger partial charge in [-0.25, -0.2) is 24.0 Å². The minimum absolute atomic E-state index is 0.0462. The lowest BCUT2D eigenvalue weighted by molar-refractivity contribution is -0.311. The number of aliphatic hydroxyl groups is 4. The van der Waals surface area contributed by atoms with Crippen LogP contribution >= 0.6 is 0 Å². The molecule has 6 amide bonds. The Hall–Kier alpha value is -4.96. The molecule has 0 bridgehead atoms. The van der Waals surface area contributed by atoms with E-state index in [9.17, 15) is 49.2 Å². The first-order chi connectivity index (χ1) is 36.1. The molecular weight excluding hydrogens is 1040 g/mol. The number of rotatable bonds is 17. The van der Waals surface area contributed by atoms with Crippen LogP contribution in [0.15, 0.2) is 11.8 Å². The van der Waals surface area contributed by atoms with Gasteiger partial charge in [0.2, 0.25) is 12.2 Å². The van der Waals surface area contributed by atoms with Gasteiger partial charge >= 0.3 is 30.5 Å². The molecule has 12 atom stereocenters. The summed E-state index contributed by atoms with van der Waals surface area (Å²) in [6.45, 7) is 26.7. The largest absolute Gasteiger partial charge is 0.466 e. The molecular formula is C53H93N7O19. The number of hydrogen-bond donors (Lipinski definition) is 10. The third-order valence-corrected chi connectivity index (χ3v) is 12.4. The SMILES string of the molecule is CN(C(=O)OC(C)(C)C)[C@@H]1[C@@H](O)[C@@H](O[C@@H]2[C@@H](O)[C@H](O[C@H]3OC(CNC[C@H]4C[C@H](NC(=O)OC(C)(C)C)C4)=CC[C@H]3NC(=O)OC(C)(C)C)[C@@H](NC(=O)OC(C)(C)C)C[C@H]2NC(=O)[C@@H](O)CCNC(=O)OC(C)(C)C)OC[C@]1(C)O. The molecule has 3 fully saturated rings. The highest BCUT2D eigenvalue weighted by Crippen LogP contribution is 2.35. The van der Waals surface area contributed by atoms with Crippen LogP contribution in [0.25, 0.3) is 0 Å². The Labute approximate surface area is 464 Å². The Morgan fingerprint density at radius 2 is 1.15 bits per heavy atom. The summed E-state index contributed by atoms with van der Waals surface area (Å²) in [7, 11) is 1.31. The van der Waals surface area contributed by atoms with E-state index in [-0.39, 0.29) is 44.3 Å². The Kier molecular flexibility index (Phi) is 22.5. The Balaban J connectivity index is 1.69. The van der Waals surface area contributed by atoms with Gasteiger partial charge in [-0.3, -0.25) is 4.79 Å². The van der Waals surface area contributed by atoms with Gasteiger partial charge < -0.3 is 99.9 Å². The first kappa shape index (κ1) is 66.6. The van der Waals surface area contributed by atoms with Gasteiger partial charge in [-0.05, 0) is 161 Å². The number of carbonyl (C=O) groups excluding carboxylic acids is 6. The summed E-state index contributed by atoms with van der Waals surface area (Å²) in [5.41, 5.74) is -6.22. The molecule has 0 aromatic rings. The van der Waals surface area contributed by atoms with E-state index in [0.717, 1.165) is 4.90 Å². The van der Waals surface area contributed by atoms with Crippen LogP contribution < -0.4 is 31.9 Å². The lowest BCUT2D eigenvalue weighted by Gasteiger charge is -2.50. The average Bonchev–Trinajstić information content (AvgIpc) is 3.23. The molecule has 0 spiro atoms. The minimum Gasteiger partial charge on any atom is -0.466 e. The van der Waals surface area contributed by atoms with Gasteiger partial charge in [0, 0.05) is 19.6 Å². The van der Waals surface area contributed by atoms with E-state index in [2.05, 4.69) is 31.9 Å². The van der Waals surface area contributed by atoms with E-state index in [0.29, 0.717) is 25.1 Å². The predicted molar refractivity (Wildman–Crippen MR) is 284 cm³/mol. The number of alkyl carbamates (subject to hydrolysis) is 4. The normalized spacial score (nSPS) is 29.9. The van der Waals surface area contributed by atoms with Crippen molar-refractivity contribution < 1.29 is 91.8 Å². The van der Waals surface area contributed by atoms with Crippen molar-refractivity contribution in [3.8, 4) is 0 Å². The third-order valence-electron chi connectivity index (χ3n) is 12.4. The Morgan fingerprint density at radius 1 is 0.671 bits per heavy atom. The maximum atomic E-state index is 13.9. The molecule has 454 valence electrons. The second-order valence-electron chi connectivity index (χ2n) is 26.0. The van der Waals surface area contributed by atoms with Crippen molar-refractivity contribution in [2.24, 2.45) is 5.92 Å². The van der Waals surface area contributed by atoms with Gasteiger partial charge in [0.15, 0.2) is 6.29 Å². The summed E-state index contributed by atoms with van der Waals surface area (Å²) < 4.78 is 52.9. The first-order valence-electron chi connectivity index (χ1n) is 27.1. The van der Waals surface area contributed by atoms with Gasteiger partial charge in [0.25, 0.3) is 0 Å². The molecule has 0 aromatic carbocycles. The number of nitrogens with one attached hydrogen (secondary N) is 6. The standard InChI is InChI=1S/C53H93N7O19/c1-48(2,3)75-43(65)55-21-20-34(61)40(64)57-32-24-33(59-46(68)78-51(10,11)12)38(35(62)37(32)74-42-36(63)39(53(16,70)27-71-42)60(17)47(69)79-52(13,14)15)73-41-31(58-45(67)77-50(7,8)9)19-18-30(72-41)26-54-25-28-22-29(23-28)56-44(66)76-49(4,5)6/h18,28-29,31-39,41-42,54,61-63,70H,19-27H2,1-17H3,(H,55,65)(H,56,66)(H,57,64)(H,58,67)(H,59,68)/t28-,29-,31-,32-,33+,34+,35-,36-,37+,38-,39-,41-,42-,53+/m1/s1. The highest BCUT2D eigenvalue weighted by atomic mass is 16.7. The quantitative estimate of drug-likeness (QED) is 0.0934. The summed E-state index contributed by atoms with van der Waals surface area (Å²) in [4.78, 5) is 80.1. The smallest absolute Gasteiger partial charge is 0.410 e. The summed E-state index contributed by atoms with van der Waals surface area (Å²) in [5.74, 6) is -0.365. The van der Waals surface area contributed by atoms with Crippen molar-refractivity contribution >= 4 is 36.4 Å². The Bertz CT molecular complexity index is 2110. The zero-order valence-electron chi connectivity index (χ0n) is 49.3. The van der Waals surface area contributed by atoms with Gasteiger partial charge in [0.1, 0.15) is 69.9 Å². The van der Waals surface area contributed by atoms with Crippen molar-refractivity contribution in [1.29, 1.82) is 0 Å². The van der Waals surface area contributed by atoms with Crippen LogP contribution in [0.2, 0.25) is 0 Å². The maximum absolute atomic E-state index is 13.9. The van der Waals surface area contributed by atoms with Gasteiger partial charge in [-0.15, -0.1) is 0 Å². The molecule has 4 aliphatic rings. The van der Waals surface area contributed by atoms with Crippen LogP contribution in [0, 0.1) is 5.92 Å². The zero-order valence-corrected chi connectivity index (χ0v) is 49.3.